The van der Waals surface area contributed by atoms with Gasteiger partial charge < -0.3 is 49.3 Å². The molecule has 3 aliphatic rings. The van der Waals surface area contributed by atoms with Gasteiger partial charge in [-0.1, -0.05) is 76.2 Å². The summed E-state index contributed by atoms with van der Waals surface area (Å²) >= 11 is 0. The van der Waals surface area contributed by atoms with E-state index in [1.807, 2.05) is 52.0 Å². The number of carbonyl (C=O) groups excluding carboxylic acids is 4. The van der Waals surface area contributed by atoms with E-state index in [1.165, 1.54) is 14.2 Å². The topological polar surface area (TPSA) is 193 Å². The van der Waals surface area contributed by atoms with Crippen molar-refractivity contribution in [1.82, 2.24) is 40.4 Å². The molecule has 3 saturated heterocycles. The first-order valence-electron chi connectivity index (χ1n) is 19.8. The maximum Gasteiger partial charge on any atom is 0.407 e. The molecule has 0 saturated carbocycles. The molecule has 2 aromatic carbocycles. The Balaban J connectivity index is 1.03. The highest BCUT2D eigenvalue weighted by Gasteiger charge is 2.52. The second-order valence-corrected chi connectivity index (χ2v) is 15.7. The molecule has 5 heterocycles. The van der Waals surface area contributed by atoms with Crippen LogP contribution in [0.15, 0.2) is 60.9 Å². The molecule has 16 nitrogen and oxygen atoms in total. The molecule has 2 aromatic heterocycles. The molecule has 4 atom stereocenters. The van der Waals surface area contributed by atoms with E-state index in [-0.39, 0.29) is 36.2 Å². The largest absolute Gasteiger partial charge is 0.453 e. The van der Waals surface area contributed by atoms with E-state index in [0.717, 1.165) is 46.5 Å². The molecule has 0 aliphatic carbocycles. The van der Waals surface area contributed by atoms with Gasteiger partial charge in [-0.2, -0.15) is 0 Å². The van der Waals surface area contributed by atoms with Gasteiger partial charge in [0.2, 0.25) is 11.8 Å². The van der Waals surface area contributed by atoms with Crippen LogP contribution in [0.1, 0.15) is 70.7 Å². The van der Waals surface area contributed by atoms with Gasteiger partial charge in [0.25, 0.3) is 0 Å². The zero-order valence-corrected chi connectivity index (χ0v) is 33.7. The summed E-state index contributed by atoms with van der Waals surface area (Å²) in [7, 11) is 2.56. The van der Waals surface area contributed by atoms with Gasteiger partial charge in [-0.25, -0.2) is 19.6 Å². The Morgan fingerprint density at radius 3 is 1.62 bits per heavy atom. The van der Waals surface area contributed by atoms with Gasteiger partial charge in [-0.05, 0) is 46.9 Å². The molecule has 4 amide bonds. The van der Waals surface area contributed by atoms with Crippen molar-refractivity contribution in [2.45, 2.75) is 76.9 Å². The summed E-state index contributed by atoms with van der Waals surface area (Å²) in [6, 6.07) is 14.2. The number of hydrogen-bond acceptors (Lipinski definition) is 10. The zero-order valence-electron chi connectivity index (χ0n) is 33.7. The van der Waals surface area contributed by atoms with Crippen molar-refractivity contribution < 1.29 is 38.1 Å². The van der Waals surface area contributed by atoms with Crippen LogP contribution in [0.25, 0.3) is 33.6 Å². The lowest BCUT2D eigenvalue weighted by molar-refractivity contribution is -0.153. The normalized spacial score (nSPS) is 19.8. The number of alkyl carbamates (subject to hydrolysis) is 2. The van der Waals surface area contributed by atoms with Crippen LogP contribution in [0, 0.1) is 11.8 Å². The summed E-state index contributed by atoms with van der Waals surface area (Å²) in [6.45, 7) is 9.20. The highest BCUT2D eigenvalue weighted by Crippen LogP contribution is 2.43. The maximum absolute atomic E-state index is 13.9. The molecule has 1 unspecified atom stereocenters. The van der Waals surface area contributed by atoms with E-state index in [9.17, 15) is 19.2 Å². The number of aromatic nitrogens is 4. The predicted octanol–water partition coefficient (Wildman–Crippen LogP) is 5.58. The fourth-order valence-electron chi connectivity index (χ4n) is 8.08. The number of imidazole rings is 2. The third-order valence-corrected chi connectivity index (χ3v) is 11.3. The van der Waals surface area contributed by atoms with Gasteiger partial charge in [0.1, 0.15) is 23.7 Å². The highest BCUT2D eigenvalue weighted by atomic mass is 16.7. The van der Waals surface area contributed by atoms with E-state index in [4.69, 9.17) is 23.9 Å². The van der Waals surface area contributed by atoms with Crippen LogP contribution in [0.5, 0.6) is 0 Å². The number of nitrogens with zero attached hydrogens (tertiary/aromatic N) is 4. The first-order valence-corrected chi connectivity index (χ1v) is 19.8. The molecule has 3 fully saturated rings. The van der Waals surface area contributed by atoms with Crippen molar-refractivity contribution in [3.8, 4) is 33.6 Å². The average Bonchev–Trinajstić information content (AvgIpc) is 4.09. The Labute approximate surface area is 337 Å². The standard InChI is InChI=1S/C42H52N8O8/c1-24(2)34(47-40(53)55-5)38(51)49-17-7-8-32(49)36-43-21-30(45-36)28-13-9-26(10-14-28)27-11-15-29(16-12-27)31-22-44-37(46-31)33-20-42(57-18-19-58-42)23-50(33)39(52)35(25(3)4)48-41(54)56-6/h9-16,21-22,24-25,32-35H,7-8,17-20,23H2,1-6H3,(H,43,45)(H,44,46)(H,47,53)(H,48,54)/t32-,33-,34?,35-/m0/s1. The van der Waals surface area contributed by atoms with Gasteiger partial charge in [-0.3, -0.25) is 9.59 Å². The Morgan fingerprint density at radius 1 is 0.707 bits per heavy atom. The number of benzene rings is 2. The summed E-state index contributed by atoms with van der Waals surface area (Å²) in [5, 5.41) is 5.38. The number of likely N-dealkylation sites (tertiary alicyclic amines) is 2. The van der Waals surface area contributed by atoms with Crippen LogP contribution >= 0.6 is 0 Å². The fourth-order valence-corrected chi connectivity index (χ4v) is 8.08. The average molecular weight is 797 g/mol. The van der Waals surface area contributed by atoms with Crippen LogP contribution in [0.4, 0.5) is 9.59 Å². The van der Waals surface area contributed by atoms with Crippen LogP contribution in [0.3, 0.4) is 0 Å². The molecule has 4 aromatic rings. The SMILES string of the molecule is COC(=O)NC(C(=O)N1CCC[C@H]1c1ncc(-c2ccc(-c3ccc(-c4cnc([C@@H]5CC6(CN5C(=O)[C@@H](NC(=O)OC)C(C)C)OCCO6)[nH]4)cc3)cc2)[nH]1)C(C)C. The summed E-state index contributed by atoms with van der Waals surface area (Å²) in [5.74, 6) is -0.333. The lowest BCUT2D eigenvalue weighted by atomic mass is 10.0. The third-order valence-electron chi connectivity index (χ3n) is 11.3. The minimum Gasteiger partial charge on any atom is -0.453 e. The van der Waals surface area contributed by atoms with Crippen molar-refractivity contribution in [3.05, 3.63) is 72.6 Å². The number of hydrogen-bond donors (Lipinski definition) is 4. The first kappa shape index (κ1) is 40.5. The van der Waals surface area contributed by atoms with E-state index in [2.05, 4.69) is 49.9 Å². The van der Waals surface area contributed by atoms with Crippen molar-refractivity contribution in [1.29, 1.82) is 0 Å². The number of rotatable bonds is 11. The van der Waals surface area contributed by atoms with Gasteiger partial charge in [0.15, 0.2) is 5.79 Å². The van der Waals surface area contributed by atoms with Gasteiger partial charge in [-0.15, -0.1) is 0 Å². The second-order valence-electron chi connectivity index (χ2n) is 15.7. The number of methoxy groups -OCH3 is 2. The third kappa shape index (κ3) is 8.29. The maximum atomic E-state index is 13.9. The van der Waals surface area contributed by atoms with E-state index in [1.54, 1.807) is 22.2 Å². The summed E-state index contributed by atoms with van der Waals surface area (Å²) in [4.78, 5) is 71.3. The van der Waals surface area contributed by atoms with Crippen molar-refractivity contribution >= 4 is 24.0 Å². The number of amides is 4. The molecule has 4 N–H and O–H groups in total. The number of aromatic amines is 2. The van der Waals surface area contributed by atoms with Crippen molar-refractivity contribution in [2.24, 2.45) is 11.8 Å². The van der Waals surface area contributed by atoms with Gasteiger partial charge in [0.05, 0.1) is 69.8 Å². The van der Waals surface area contributed by atoms with Gasteiger partial charge in [0, 0.05) is 13.0 Å². The molecule has 0 bridgehead atoms. The lowest BCUT2D eigenvalue weighted by Gasteiger charge is -2.30. The van der Waals surface area contributed by atoms with E-state index < -0.39 is 36.1 Å². The number of carbonyl (C=O) groups is 4. The number of ether oxygens (including phenoxy) is 4. The molecule has 7 rings (SSSR count). The molecule has 0 radical (unpaired) electrons. The zero-order chi connectivity index (χ0) is 41.1. The fraction of sp³-hybridized carbons (Fsp3) is 0.476. The minimum atomic E-state index is -0.933. The Morgan fingerprint density at radius 2 is 1.16 bits per heavy atom. The van der Waals surface area contributed by atoms with Crippen LogP contribution in [-0.4, -0.2) is 112 Å². The quantitative estimate of drug-likeness (QED) is 0.149. The number of nitrogens with one attached hydrogen (secondary N) is 4. The predicted molar refractivity (Wildman–Crippen MR) is 213 cm³/mol. The van der Waals surface area contributed by atoms with Crippen molar-refractivity contribution in [2.75, 3.05) is 40.5 Å². The first-order chi connectivity index (χ1) is 27.9. The lowest BCUT2D eigenvalue weighted by Crippen LogP contribution is -2.52. The molecule has 16 heteroatoms. The minimum absolute atomic E-state index is 0.112. The summed E-state index contributed by atoms with van der Waals surface area (Å²) in [5.41, 5.74) is 5.59. The molecule has 58 heavy (non-hydrogen) atoms. The van der Waals surface area contributed by atoms with Gasteiger partial charge >= 0.3 is 12.2 Å². The molecule has 3 aliphatic heterocycles. The number of H-pyrrole nitrogens is 2. The smallest absolute Gasteiger partial charge is 0.407 e. The Kier molecular flexibility index (Phi) is 11.9. The summed E-state index contributed by atoms with van der Waals surface area (Å²) in [6.07, 6.45) is 4.26. The second kappa shape index (κ2) is 17.0. The molecule has 1 spiro atoms. The van der Waals surface area contributed by atoms with E-state index >= 15 is 0 Å². The van der Waals surface area contributed by atoms with Crippen LogP contribution in [0.2, 0.25) is 0 Å². The monoisotopic (exact) mass is 796 g/mol. The van der Waals surface area contributed by atoms with Crippen molar-refractivity contribution in [3.63, 3.8) is 0 Å². The molecular weight excluding hydrogens is 745 g/mol. The summed E-state index contributed by atoms with van der Waals surface area (Å²) < 4.78 is 21.6. The molecule has 308 valence electrons. The van der Waals surface area contributed by atoms with Crippen LogP contribution in [-0.2, 0) is 28.5 Å². The van der Waals surface area contributed by atoms with E-state index in [0.29, 0.717) is 37.8 Å². The Bertz CT molecular complexity index is 2090. The van der Waals surface area contributed by atoms with Crippen LogP contribution < -0.4 is 10.6 Å². The molecular formula is C42H52N8O8. The highest BCUT2D eigenvalue weighted by molar-refractivity contribution is 5.87. The Hall–Kier alpha value is -5.74.